The number of carbonyl (C=O) groups is 2. The first-order chi connectivity index (χ1) is 18.3. The van der Waals surface area contributed by atoms with Crippen molar-refractivity contribution in [2.75, 3.05) is 33.1 Å². The fourth-order valence-electron chi connectivity index (χ4n) is 5.33. The first kappa shape index (κ1) is 29.9. The van der Waals surface area contributed by atoms with Gasteiger partial charge in [0.05, 0.1) is 19.9 Å². The van der Waals surface area contributed by atoms with Gasteiger partial charge in [-0.2, -0.15) is 13.2 Å². The molecule has 0 spiro atoms. The predicted octanol–water partition coefficient (Wildman–Crippen LogP) is 4.93. The van der Waals surface area contributed by atoms with Crippen LogP contribution in [0, 0.1) is 11.6 Å². The highest BCUT2D eigenvalue weighted by Gasteiger charge is 2.50. The number of nitrogens with one attached hydrogen (secondary N) is 2. The molecule has 2 aromatic carbocycles. The summed E-state index contributed by atoms with van der Waals surface area (Å²) in [4.78, 5) is 23.7. The van der Waals surface area contributed by atoms with E-state index in [9.17, 15) is 26.7 Å². The van der Waals surface area contributed by atoms with Gasteiger partial charge in [-0.3, -0.25) is 0 Å². The number of carboxylic acids is 1. The van der Waals surface area contributed by atoms with Crippen LogP contribution < -0.4 is 20.1 Å². The number of halogens is 5. The molecule has 1 saturated carbocycles. The molecule has 3 unspecified atom stereocenters. The van der Waals surface area contributed by atoms with E-state index in [1.165, 1.54) is 11.6 Å². The number of likely N-dealkylation sites (tertiary alicyclic amines) is 1. The van der Waals surface area contributed by atoms with Crippen molar-refractivity contribution < 1.29 is 46.1 Å². The maximum Gasteiger partial charge on any atom is 0.490 e. The minimum Gasteiger partial charge on any atom is -0.493 e. The number of methoxy groups -OCH3 is 2. The summed E-state index contributed by atoms with van der Waals surface area (Å²) in [5.41, 5.74) is 1.16. The normalized spacial score (nSPS) is 22.7. The van der Waals surface area contributed by atoms with Crippen LogP contribution in [-0.2, 0) is 10.2 Å². The third-order valence-corrected chi connectivity index (χ3v) is 7.24. The number of nitrogens with zero attached hydrogens (tertiary/aromatic N) is 1. The number of benzene rings is 2. The van der Waals surface area contributed by atoms with Gasteiger partial charge in [-0.05, 0) is 69.1 Å². The molecule has 3 atom stereocenters. The first-order valence-electron chi connectivity index (χ1n) is 12.1. The summed E-state index contributed by atoms with van der Waals surface area (Å²) in [5.74, 6) is -2.82. The summed E-state index contributed by atoms with van der Waals surface area (Å²) in [5, 5.41) is 12.6. The zero-order valence-electron chi connectivity index (χ0n) is 21.6. The number of fused-ring (bicyclic) bond motifs is 1. The molecule has 2 aliphatic rings. The lowest BCUT2D eigenvalue weighted by molar-refractivity contribution is -0.192. The molecule has 1 aliphatic heterocycles. The van der Waals surface area contributed by atoms with Crippen molar-refractivity contribution in [3.05, 3.63) is 53.6 Å². The van der Waals surface area contributed by atoms with E-state index in [-0.39, 0.29) is 23.2 Å². The Labute approximate surface area is 222 Å². The largest absolute Gasteiger partial charge is 0.493 e. The van der Waals surface area contributed by atoms with Gasteiger partial charge >= 0.3 is 18.2 Å². The second kappa shape index (κ2) is 12.1. The van der Waals surface area contributed by atoms with Crippen LogP contribution in [0.4, 0.5) is 32.4 Å². The third kappa shape index (κ3) is 6.88. The number of hydrogen-bond donors (Lipinski definition) is 3. The number of hydrogen-bond acceptors (Lipinski definition) is 5. The minimum absolute atomic E-state index is 0.0218. The molecule has 3 N–H and O–H groups in total. The lowest BCUT2D eigenvalue weighted by Gasteiger charge is -2.45. The zero-order valence-corrected chi connectivity index (χ0v) is 21.6. The molecule has 1 aliphatic carbocycles. The molecule has 8 nitrogen and oxygen atoms in total. The highest BCUT2D eigenvalue weighted by atomic mass is 19.4. The van der Waals surface area contributed by atoms with Crippen LogP contribution >= 0.6 is 0 Å². The molecule has 4 rings (SSSR count). The summed E-state index contributed by atoms with van der Waals surface area (Å²) in [6.45, 7) is 0.971. The number of aliphatic carboxylic acids is 1. The standard InChI is InChI=1S/C24H29F2N3O3.C2HF3O2/c1-29-11-10-24(15-4-7-20(31-2)21(12-15)32-3)9-8-17(14-22(24)29)27-23(30)28-19-6-5-16(25)13-18(19)26;3-2(4,5)1(6)7/h4-7,12-13,17,22H,8-11,14H2,1-3H3,(H2,27,28,30);(H,6,7). The van der Waals surface area contributed by atoms with Crippen LogP contribution in [0.15, 0.2) is 36.4 Å². The molecule has 2 aromatic rings. The molecular weight excluding hydrogens is 529 g/mol. The Morgan fingerprint density at radius 1 is 1.05 bits per heavy atom. The van der Waals surface area contributed by atoms with Crippen LogP contribution in [0.1, 0.15) is 31.2 Å². The van der Waals surface area contributed by atoms with Gasteiger partial charge in [0.25, 0.3) is 0 Å². The summed E-state index contributed by atoms with van der Waals surface area (Å²) in [6, 6.07) is 8.95. The number of ether oxygens (including phenoxy) is 2. The molecule has 214 valence electrons. The number of rotatable bonds is 5. The predicted molar refractivity (Wildman–Crippen MR) is 132 cm³/mol. The Kier molecular flexibility index (Phi) is 9.26. The summed E-state index contributed by atoms with van der Waals surface area (Å²) < 4.78 is 69.6. The Balaban J connectivity index is 0.000000532. The third-order valence-electron chi connectivity index (χ3n) is 7.24. The van der Waals surface area contributed by atoms with Gasteiger partial charge in [0, 0.05) is 23.6 Å². The highest BCUT2D eigenvalue weighted by molar-refractivity contribution is 5.89. The number of alkyl halides is 3. The minimum atomic E-state index is -5.08. The van der Waals surface area contributed by atoms with Crippen LogP contribution in [0.3, 0.4) is 0 Å². The van der Waals surface area contributed by atoms with E-state index in [1.54, 1.807) is 14.2 Å². The van der Waals surface area contributed by atoms with Crippen LogP contribution in [0.5, 0.6) is 11.5 Å². The number of anilines is 1. The van der Waals surface area contributed by atoms with Crippen LogP contribution in [0.25, 0.3) is 0 Å². The molecule has 2 amide bonds. The molecule has 2 fully saturated rings. The fraction of sp³-hybridized carbons (Fsp3) is 0.462. The van der Waals surface area contributed by atoms with Gasteiger partial charge in [0.1, 0.15) is 11.6 Å². The maximum absolute atomic E-state index is 13.9. The van der Waals surface area contributed by atoms with Crippen LogP contribution in [-0.4, -0.2) is 68.1 Å². The number of carbonyl (C=O) groups excluding carboxylic acids is 1. The second-order valence-electron chi connectivity index (χ2n) is 9.47. The Morgan fingerprint density at radius 2 is 1.72 bits per heavy atom. The monoisotopic (exact) mass is 559 g/mol. The number of likely N-dealkylation sites (N-methyl/N-ethyl adjacent to an activating group) is 1. The topological polar surface area (TPSA) is 100 Å². The summed E-state index contributed by atoms with van der Waals surface area (Å²) >= 11 is 0. The van der Waals surface area contributed by atoms with Crippen molar-refractivity contribution in [2.45, 2.75) is 49.4 Å². The van der Waals surface area contributed by atoms with Crippen LogP contribution in [0.2, 0.25) is 0 Å². The molecule has 13 heteroatoms. The van der Waals surface area contributed by atoms with Gasteiger partial charge in [0.2, 0.25) is 0 Å². The van der Waals surface area contributed by atoms with E-state index in [1.807, 2.05) is 6.07 Å². The van der Waals surface area contributed by atoms with E-state index >= 15 is 0 Å². The highest BCUT2D eigenvalue weighted by Crippen LogP contribution is 2.49. The molecule has 39 heavy (non-hydrogen) atoms. The van der Waals surface area contributed by atoms with Crippen molar-refractivity contribution >= 4 is 17.7 Å². The van der Waals surface area contributed by atoms with Gasteiger partial charge in [-0.25, -0.2) is 18.4 Å². The molecule has 1 heterocycles. The lowest BCUT2D eigenvalue weighted by Crippen LogP contribution is -2.52. The van der Waals surface area contributed by atoms with E-state index in [0.29, 0.717) is 11.5 Å². The van der Waals surface area contributed by atoms with E-state index < -0.39 is 29.8 Å². The molecule has 0 radical (unpaired) electrons. The quantitative estimate of drug-likeness (QED) is 0.450. The smallest absolute Gasteiger partial charge is 0.490 e. The first-order valence-corrected chi connectivity index (χ1v) is 12.1. The van der Waals surface area contributed by atoms with E-state index in [4.69, 9.17) is 19.4 Å². The van der Waals surface area contributed by atoms with E-state index in [0.717, 1.165) is 44.4 Å². The molecule has 0 aromatic heterocycles. The van der Waals surface area contributed by atoms with Gasteiger partial charge < -0.3 is 30.1 Å². The van der Waals surface area contributed by atoms with Gasteiger partial charge in [-0.15, -0.1) is 0 Å². The summed E-state index contributed by atoms with van der Waals surface area (Å²) in [6.07, 6.45) is -1.56. The Hall–Kier alpha value is -3.61. The average Bonchev–Trinajstić information content (AvgIpc) is 3.22. The lowest BCUT2D eigenvalue weighted by atomic mass is 9.65. The number of amides is 2. The average molecular weight is 560 g/mol. The number of urea groups is 1. The summed E-state index contributed by atoms with van der Waals surface area (Å²) in [7, 11) is 5.38. The van der Waals surface area contributed by atoms with Crippen molar-refractivity contribution in [1.29, 1.82) is 0 Å². The fourth-order valence-corrected chi connectivity index (χ4v) is 5.33. The van der Waals surface area contributed by atoms with Crippen molar-refractivity contribution in [3.63, 3.8) is 0 Å². The van der Waals surface area contributed by atoms with E-state index in [2.05, 4.69) is 34.7 Å². The Bertz CT molecular complexity index is 1200. The van der Waals surface area contributed by atoms with Crippen molar-refractivity contribution in [3.8, 4) is 11.5 Å². The van der Waals surface area contributed by atoms with Gasteiger partial charge in [-0.1, -0.05) is 6.07 Å². The van der Waals surface area contributed by atoms with Gasteiger partial charge in [0.15, 0.2) is 11.5 Å². The number of carboxylic acid groups (broad SMARTS) is 1. The molecular formula is C26H30F5N3O5. The zero-order chi connectivity index (χ0) is 29.0. The molecule has 0 bridgehead atoms. The SMILES string of the molecule is COc1ccc(C23CCC(NC(=O)Nc4ccc(F)cc4F)CC2N(C)CC3)cc1OC.O=C(O)C(F)(F)F. The Morgan fingerprint density at radius 3 is 2.31 bits per heavy atom. The van der Waals surface area contributed by atoms with Crippen molar-refractivity contribution in [2.24, 2.45) is 0 Å². The molecule has 1 saturated heterocycles. The maximum atomic E-state index is 13.9. The van der Waals surface area contributed by atoms with Crippen molar-refractivity contribution in [1.82, 2.24) is 10.2 Å². The second-order valence-corrected chi connectivity index (χ2v) is 9.47.